The molecule has 0 spiro atoms. The average molecular weight is 370 g/mol. The van der Waals surface area contributed by atoms with Gasteiger partial charge >= 0.3 is 0 Å². The summed E-state index contributed by atoms with van der Waals surface area (Å²) in [6.45, 7) is 6.82. The third-order valence-corrected chi connectivity index (χ3v) is 6.54. The summed E-state index contributed by atoms with van der Waals surface area (Å²) in [4.78, 5) is 22.2. The maximum Gasteiger partial charge on any atom is 0.260 e. The van der Waals surface area contributed by atoms with Crippen molar-refractivity contribution in [1.82, 2.24) is 9.97 Å². The number of aromatic nitrogens is 2. The molecule has 0 radical (unpaired) electrons. The van der Waals surface area contributed by atoms with Crippen molar-refractivity contribution in [3.63, 3.8) is 0 Å². The second kappa shape index (κ2) is 5.84. The van der Waals surface area contributed by atoms with Gasteiger partial charge in [0.15, 0.2) is 11.5 Å². The molecule has 1 aromatic carbocycles. The first-order valence-electron chi connectivity index (χ1n) is 8.81. The lowest BCUT2D eigenvalue weighted by Gasteiger charge is -2.33. The second-order valence-corrected chi connectivity index (χ2v) is 9.19. The van der Waals surface area contributed by atoms with E-state index < -0.39 is 0 Å². The number of aryl methyl sites for hydroxylation is 1. The monoisotopic (exact) mass is 370 g/mol. The third kappa shape index (κ3) is 2.78. The van der Waals surface area contributed by atoms with E-state index in [2.05, 4.69) is 30.7 Å². The number of hydrogen-bond acceptors (Lipinski definition) is 5. The Bertz CT molecular complexity index is 1060. The number of hydrogen-bond donors (Lipinski definition) is 3. The largest absolute Gasteiger partial charge is 0.504 e. The molecule has 26 heavy (non-hydrogen) atoms. The summed E-state index contributed by atoms with van der Waals surface area (Å²) in [5.41, 5.74) is 1.84. The zero-order chi connectivity index (χ0) is 18.6. The Kier molecular flexibility index (Phi) is 3.84. The van der Waals surface area contributed by atoms with E-state index in [1.807, 2.05) is 0 Å². The van der Waals surface area contributed by atoms with Gasteiger partial charge in [-0.1, -0.05) is 20.8 Å². The number of phenolic OH excluding ortho intramolecular Hbond substituents is 2. The maximum absolute atomic E-state index is 12.7. The van der Waals surface area contributed by atoms with E-state index in [-0.39, 0.29) is 22.5 Å². The van der Waals surface area contributed by atoms with Crippen LogP contribution in [0.2, 0.25) is 0 Å². The molecular formula is C20H22N2O3S. The van der Waals surface area contributed by atoms with Crippen molar-refractivity contribution in [2.45, 2.75) is 40.0 Å². The Balaban J connectivity index is 1.82. The quantitative estimate of drug-likeness (QED) is 0.560. The second-order valence-electron chi connectivity index (χ2n) is 8.11. The minimum absolute atomic E-state index is 0.135. The van der Waals surface area contributed by atoms with Gasteiger partial charge in [0.1, 0.15) is 10.7 Å². The number of thiophene rings is 1. The molecule has 3 aromatic rings. The van der Waals surface area contributed by atoms with Crippen LogP contribution in [0.5, 0.6) is 11.5 Å². The molecule has 136 valence electrons. The Morgan fingerprint density at radius 3 is 2.69 bits per heavy atom. The lowest BCUT2D eigenvalue weighted by atomic mass is 9.72. The highest BCUT2D eigenvalue weighted by atomic mass is 32.1. The van der Waals surface area contributed by atoms with Gasteiger partial charge in [-0.2, -0.15) is 0 Å². The Hall–Kier alpha value is -2.34. The number of nitrogens with one attached hydrogen (secondary N) is 1. The normalized spacial score (nSPS) is 17.4. The predicted molar refractivity (Wildman–Crippen MR) is 104 cm³/mol. The molecule has 3 N–H and O–H groups in total. The van der Waals surface area contributed by atoms with Crippen molar-refractivity contribution in [3.8, 4) is 22.9 Å². The van der Waals surface area contributed by atoms with Gasteiger partial charge in [0.05, 0.1) is 5.39 Å². The van der Waals surface area contributed by atoms with Crippen LogP contribution in [0.3, 0.4) is 0 Å². The molecule has 0 aliphatic heterocycles. The molecule has 1 unspecified atom stereocenters. The van der Waals surface area contributed by atoms with Gasteiger partial charge in [-0.05, 0) is 54.4 Å². The molecule has 0 fully saturated rings. The summed E-state index contributed by atoms with van der Waals surface area (Å²) in [7, 11) is 0. The number of phenols is 2. The van der Waals surface area contributed by atoms with E-state index in [1.165, 1.54) is 17.0 Å². The first-order chi connectivity index (χ1) is 12.2. The van der Waals surface area contributed by atoms with Gasteiger partial charge < -0.3 is 15.2 Å². The number of fused-ring (bicyclic) bond motifs is 3. The van der Waals surface area contributed by atoms with Gasteiger partial charge in [-0.25, -0.2) is 4.98 Å². The fourth-order valence-corrected chi connectivity index (χ4v) is 5.03. The number of H-pyrrole nitrogens is 1. The van der Waals surface area contributed by atoms with Gasteiger partial charge in [0.2, 0.25) is 0 Å². The number of nitrogens with zero attached hydrogens (tertiary/aromatic N) is 1. The van der Waals surface area contributed by atoms with Crippen LogP contribution in [-0.4, -0.2) is 20.2 Å². The van der Waals surface area contributed by atoms with Crippen LogP contribution < -0.4 is 5.56 Å². The highest BCUT2D eigenvalue weighted by Gasteiger charge is 2.31. The predicted octanol–water partition coefficient (Wildman–Crippen LogP) is 4.21. The third-order valence-electron chi connectivity index (χ3n) is 5.39. The van der Waals surface area contributed by atoms with Gasteiger partial charge in [0, 0.05) is 10.4 Å². The minimum Gasteiger partial charge on any atom is -0.504 e. The van der Waals surface area contributed by atoms with E-state index in [9.17, 15) is 15.0 Å². The summed E-state index contributed by atoms with van der Waals surface area (Å²) in [6.07, 6.45) is 3.01. The van der Waals surface area contributed by atoms with Crippen LogP contribution in [0.25, 0.3) is 21.6 Å². The standard InChI is InChI=1S/C20H22N2O3S/c1-20(2,3)11-5-6-12-15(9-11)26-19-16(12)18(25)21-17(22-19)10-4-7-13(23)14(24)8-10/h4,7-8,11,23-24H,5-6,9H2,1-3H3,(H,21,22,25). The van der Waals surface area contributed by atoms with Crippen LogP contribution >= 0.6 is 11.3 Å². The van der Waals surface area contributed by atoms with Crippen molar-refractivity contribution in [3.05, 3.63) is 39.0 Å². The molecule has 1 aliphatic rings. The van der Waals surface area contributed by atoms with E-state index in [0.29, 0.717) is 22.7 Å². The van der Waals surface area contributed by atoms with Crippen LogP contribution in [0.4, 0.5) is 0 Å². The SMILES string of the molecule is CC(C)(C)C1CCc2c(sc3nc(-c4ccc(O)c(O)c4)[nH]c(=O)c23)C1. The Morgan fingerprint density at radius 1 is 1.23 bits per heavy atom. The lowest BCUT2D eigenvalue weighted by molar-refractivity contribution is 0.218. The van der Waals surface area contributed by atoms with Crippen LogP contribution in [0, 0.1) is 11.3 Å². The zero-order valence-electron chi connectivity index (χ0n) is 15.1. The number of benzene rings is 1. The fourth-order valence-electron chi connectivity index (χ4n) is 3.73. The van der Waals surface area contributed by atoms with Crippen molar-refractivity contribution in [2.24, 2.45) is 11.3 Å². The smallest absolute Gasteiger partial charge is 0.260 e. The van der Waals surface area contributed by atoms with Crippen molar-refractivity contribution in [1.29, 1.82) is 0 Å². The van der Waals surface area contributed by atoms with Gasteiger partial charge in [-0.3, -0.25) is 4.79 Å². The van der Waals surface area contributed by atoms with Crippen molar-refractivity contribution < 1.29 is 10.2 Å². The molecular weight excluding hydrogens is 348 g/mol. The highest BCUT2D eigenvalue weighted by Crippen LogP contribution is 2.42. The molecule has 0 amide bonds. The van der Waals surface area contributed by atoms with Gasteiger partial charge in [0.25, 0.3) is 5.56 Å². The molecule has 5 nitrogen and oxygen atoms in total. The molecule has 2 heterocycles. The number of rotatable bonds is 1. The van der Waals surface area contributed by atoms with E-state index in [0.717, 1.165) is 29.7 Å². The molecule has 0 saturated carbocycles. The van der Waals surface area contributed by atoms with Gasteiger partial charge in [-0.15, -0.1) is 11.3 Å². The molecule has 0 saturated heterocycles. The minimum atomic E-state index is -0.233. The highest BCUT2D eigenvalue weighted by molar-refractivity contribution is 7.18. The lowest BCUT2D eigenvalue weighted by Crippen LogP contribution is -2.26. The summed E-state index contributed by atoms with van der Waals surface area (Å²) in [6, 6.07) is 4.42. The summed E-state index contributed by atoms with van der Waals surface area (Å²) < 4.78 is 0. The number of aromatic hydroxyl groups is 2. The molecule has 2 aromatic heterocycles. The van der Waals surface area contributed by atoms with E-state index in [4.69, 9.17) is 0 Å². The Morgan fingerprint density at radius 2 is 2.00 bits per heavy atom. The first kappa shape index (κ1) is 17.1. The summed E-state index contributed by atoms with van der Waals surface area (Å²) in [5.74, 6) is 0.583. The maximum atomic E-state index is 12.7. The molecule has 4 rings (SSSR count). The molecule has 0 bridgehead atoms. The molecule has 1 aliphatic carbocycles. The molecule has 6 heteroatoms. The summed E-state index contributed by atoms with van der Waals surface area (Å²) in [5, 5.41) is 19.9. The first-order valence-corrected chi connectivity index (χ1v) is 9.62. The molecule has 1 atom stereocenters. The van der Waals surface area contributed by atoms with E-state index >= 15 is 0 Å². The topological polar surface area (TPSA) is 86.2 Å². The van der Waals surface area contributed by atoms with Crippen molar-refractivity contribution in [2.75, 3.05) is 0 Å². The fraction of sp³-hybridized carbons (Fsp3) is 0.400. The zero-order valence-corrected chi connectivity index (χ0v) is 15.9. The Labute approximate surface area is 155 Å². The van der Waals surface area contributed by atoms with Crippen LogP contribution in [0.1, 0.15) is 37.6 Å². The van der Waals surface area contributed by atoms with Crippen LogP contribution in [0.15, 0.2) is 23.0 Å². The number of aromatic amines is 1. The van der Waals surface area contributed by atoms with Crippen molar-refractivity contribution >= 4 is 21.6 Å². The van der Waals surface area contributed by atoms with Crippen LogP contribution in [-0.2, 0) is 12.8 Å². The van der Waals surface area contributed by atoms with E-state index in [1.54, 1.807) is 17.4 Å². The average Bonchev–Trinajstić information content (AvgIpc) is 2.94. The summed E-state index contributed by atoms with van der Waals surface area (Å²) >= 11 is 1.61.